The summed E-state index contributed by atoms with van der Waals surface area (Å²) in [7, 11) is 1.92. The van der Waals surface area contributed by atoms with E-state index in [1.54, 1.807) is 6.33 Å². The quantitative estimate of drug-likeness (QED) is 0.801. The fraction of sp³-hybridized carbons (Fsp3) is 0.176. The molecule has 0 saturated heterocycles. The van der Waals surface area contributed by atoms with E-state index in [1.165, 1.54) is 0 Å². The molecule has 2 aromatic carbocycles. The van der Waals surface area contributed by atoms with Crippen LogP contribution in [0.3, 0.4) is 0 Å². The van der Waals surface area contributed by atoms with E-state index in [0.717, 1.165) is 16.6 Å². The highest BCUT2D eigenvalue weighted by Gasteiger charge is 2.12. The van der Waals surface area contributed by atoms with E-state index in [-0.39, 0.29) is 11.9 Å². The summed E-state index contributed by atoms with van der Waals surface area (Å²) < 4.78 is 1.91. The van der Waals surface area contributed by atoms with Gasteiger partial charge in [0, 0.05) is 12.6 Å². The Kier molecular flexibility index (Phi) is 3.44. The molecule has 0 radical (unpaired) electrons. The van der Waals surface area contributed by atoms with Crippen LogP contribution in [0.15, 0.2) is 54.9 Å². The third kappa shape index (κ3) is 2.65. The summed E-state index contributed by atoms with van der Waals surface area (Å²) in [6.07, 6.45) is 1.75. The number of hydrogen-bond acceptors (Lipinski definition) is 2. The lowest BCUT2D eigenvalue weighted by Crippen LogP contribution is -2.26. The Bertz CT molecular complexity index is 777. The molecule has 0 aliphatic rings. The Balaban J connectivity index is 1.82. The van der Waals surface area contributed by atoms with Crippen LogP contribution in [0.5, 0.6) is 0 Å². The summed E-state index contributed by atoms with van der Waals surface area (Å²) in [6.45, 7) is 1.98. The van der Waals surface area contributed by atoms with Crippen molar-refractivity contribution in [3.8, 4) is 0 Å². The van der Waals surface area contributed by atoms with Gasteiger partial charge in [-0.15, -0.1) is 0 Å². The van der Waals surface area contributed by atoms with E-state index in [9.17, 15) is 4.79 Å². The lowest BCUT2D eigenvalue weighted by molar-refractivity contribution is 0.0940. The first-order chi connectivity index (χ1) is 10.1. The van der Waals surface area contributed by atoms with E-state index in [4.69, 9.17) is 0 Å². The van der Waals surface area contributed by atoms with Gasteiger partial charge < -0.3 is 9.88 Å². The van der Waals surface area contributed by atoms with Gasteiger partial charge in [0.15, 0.2) is 0 Å². The SMILES string of the molecule is CC(NC(=O)c1ccc2ncn(C)c2c1)c1ccccc1. The van der Waals surface area contributed by atoms with E-state index in [1.807, 2.05) is 67.1 Å². The van der Waals surface area contributed by atoms with Crippen molar-refractivity contribution in [1.29, 1.82) is 0 Å². The Morgan fingerprint density at radius 2 is 1.95 bits per heavy atom. The number of nitrogens with zero attached hydrogens (tertiary/aromatic N) is 2. The zero-order chi connectivity index (χ0) is 14.8. The summed E-state index contributed by atoms with van der Waals surface area (Å²) in [5.41, 5.74) is 3.58. The van der Waals surface area contributed by atoms with Crippen LogP contribution in [0.4, 0.5) is 0 Å². The second-order valence-corrected chi connectivity index (χ2v) is 5.16. The Hall–Kier alpha value is -2.62. The number of benzene rings is 2. The van der Waals surface area contributed by atoms with E-state index >= 15 is 0 Å². The zero-order valence-electron chi connectivity index (χ0n) is 12.1. The van der Waals surface area contributed by atoms with Crippen LogP contribution in [0.25, 0.3) is 11.0 Å². The second-order valence-electron chi connectivity index (χ2n) is 5.16. The van der Waals surface area contributed by atoms with Gasteiger partial charge in [0.05, 0.1) is 23.4 Å². The first kappa shape index (κ1) is 13.4. The number of aromatic nitrogens is 2. The first-order valence-corrected chi connectivity index (χ1v) is 6.92. The monoisotopic (exact) mass is 279 g/mol. The number of carbonyl (C=O) groups is 1. The van der Waals surface area contributed by atoms with Crippen LogP contribution in [-0.4, -0.2) is 15.5 Å². The molecule has 1 N–H and O–H groups in total. The molecule has 0 bridgehead atoms. The molecule has 0 spiro atoms. The minimum absolute atomic E-state index is 0.0269. The maximum Gasteiger partial charge on any atom is 0.251 e. The van der Waals surface area contributed by atoms with Gasteiger partial charge >= 0.3 is 0 Å². The predicted octanol–water partition coefficient (Wildman–Crippen LogP) is 3.06. The summed E-state index contributed by atoms with van der Waals surface area (Å²) in [4.78, 5) is 16.6. The van der Waals surface area contributed by atoms with E-state index in [0.29, 0.717) is 5.56 Å². The van der Waals surface area contributed by atoms with E-state index < -0.39 is 0 Å². The van der Waals surface area contributed by atoms with Crippen LogP contribution >= 0.6 is 0 Å². The molecule has 1 amide bonds. The molecule has 1 aromatic heterocycles. The smallest absolute Gasteiger partial charge is 0.251 e. The van der Waals surface area contributed by atoms with Gasteiger partial charge in [0.2, 0.25) is 0 Å². The topological polar surface area (TPSA) is 46.9 Å². The van der Waals surface area contributed by atoms with Crippen molar-refractivity contribution in [2.75, 3.05) is 0 Å². The Morgan fingerprint density at radius 3 is 2.71 bits per heavy atom. The van der Waals surface area contributed by atoms with Crippen molar-refractivity contribution in [3.63, 3.8) is 0 Å². The van der Waals surface area contributed by atoms with Gasteiger partial charge in [-0.2, -0.15) is 0 Å². The minimum atomic E-state index is -0.0746. The number of imidazole rings is 1. The number of hydrogen-bond donors (Lipinski definition) is 1. The molecular weight excluding hydrogens is 262 g/mol. The lowest BCUT2D eigenvalue weighted by atomic mass is 10.1. The standard InChI is InChI=1S/C17H17N3O/c1-12(13-6-4-3-5-7-13)19-17(21)14-8-9-15-16(10-14)20(2)11-18-15/h3-12H,1-2H3,(H,19,21). The average molecular weight is 279 g/mol. The predicted molar refractivity (Wildman–Crippen MR) is 83.0 cm³/mol. The molecule has 0 aliphatic carbocycles. The number of nitrogens with one attached hydrogen (secondary N) is 1. The molecule has 4 heteroatoms. The maximum absolute atomic E-state index is 12.4. The summed E-state index contributed by atoms with van der Waals surface area (Å²) in [6, 6.07) is 15.5. The molecule has 4 nitrogen and oxygen atoms in total. The molecule has 1 atom stereocenters. The molecule has 1 heterocycles. The van der Waals surface area contributed by atoms with E-state index in [2.05, 4.69) is 10.3 Å². The van der Waals surface area contributed by atoms with Crippen molar-refractivity contribution < 1.29 is 4.79 Å². The summed E-state index contributed by atoms with van der Waals surface area (Å²) in [5, 5.41) is 3.02. The van der Waals surface area contributed by atoms with Gasteiger partial charge in [-0.05, 0) is 30.7 Å². The normalized spacial score (nSPS) is 12.3. The molecular formula is C17H17N3O. The first-order valence-electron chi connectivity index (χ1n) is 6.92. The molecule has 0 aliphatic heterocycles. The second kappa shape index (κ2) is 5.40. The molecule has 0 saturated carbocycles. The maximum atomic E-state index is 12.4. The molecule has 0 fully saturated rings. The van der Waals surface area contributed by atoms with Crippen LogP contribution in [0, 0.1) is 0 Å². The number of aryl methyl sites for hydroxylation is 1. The molecule has 106 valence electrons. The van der Waals surface area contributed by atoms with Crippen LogP contribution < -0.4 is 5.32 Å². The van der Waals surface area contributed by atoms with Crippen molar-refractivity contribution in [3.05, 3.63) is 66.0 Å². The Labute approximate surface area is 123 Å². The number of carbonyl (C=O) groups excluding carboxylic acids is 1. The van der Waals surface area contributed by atoms with Crippen LogP contribution in [-0.2, 0) is 7.05 Å². The zero-order valence-corrected chi connectivity index (χ0v) is 12.1. The number of fused-ring (bicyclic) bond motifs is 1. The highest BCUT2D eigenvalue weighted by molar-refractivity contribution is 5.97. The van der Waals surface area contributed by atoms with Gasteiger partial charge in [0.25, 0.3) is 5.91 Å². The lowest BCUT2D eigenvalue weighted by Gasteiger charge is -2.14. The van der Waals surface area contributed by atoms with Gasteiger partial charge in [-0.1, -0.05) is 30.3 Å². The molecule has 21 heavy (non-hydrogen) atoms. The molecule has 3 aromatic rings. The fourth-order valence-corrected chi connectivity index (χ4v) is 2.37. The minimum Gasteiger partial charge on any atom is -0.346 e. The fourth-order valence-electron chi connectivity index (χ4n) is 2.37. The van der Waals surface area contributed by atoms with Crippen molar-refractivity contribution in [1.82, 2.24) is 14.9 Å². The number of amides is 1. The van der Waals surface area contributed by atoms with Crippen molar-refractivity contribution in [2.24, 2.45) is 7.05 Å². The number of rotatable bonds is 3. The third-order valence-electron chi connectivity index (χ3n) is 3.63. The molecule has 1 unspecified atom stereocenters. The van der Waals surface area contributed by atoms with Crippen LogP contribution in [0.1, 0.15) is 28.9 Å². The summed E-state index contributed by atoms with van der Waals surface area (Å²) in [5.74, 6) is -0.0746. The van der Waals surface area contributed by atoms with Crippen molar-refractivity contribution >= 4 is 16.9 Å². The van der Waals surface area contributed by atoms with Gasteiger partial charge in [0.1, 0.15) is 0 Å². The summed E-state index contributed by atoms with van der Waals surface area (Å²) >= 11 is 0. The third-order valence-corrected chi connectivity index (χ3v) is 3.63. The van der Waals surface area contributed by atoms with Gasteiger partial charge in [-0.3, -0.25) is 4.79 Å². The van der Waals surface area contributed by atoms with Crippen LogP contribution in [0.2, 0.25) is 0 Å². The van der Waals surface area contributed by atoms with Gasteiger partial charge in [-0.25, -0.2) is 4.98 Å². The average Bonchev–Trinajstić information content (AvgIpc) is 2.89. The highest BCUT2D eigenvalue weighted by Crippen LogP contribution is 2.16. The highest BCUT2D eigenvalue weighted by atomic mass is 16.1. The largest absolute Gasteiger partial charge is 0.346 e. The Morgan fingerprint density at radius 1 is 1.19 bits per heavy atom. The van der Waals surface area contributed by atoms with Crippen molar-refractivity contribution in [2.45, 2.75) is 13.0 Å². The molecule has 3 rings (SSSR count).